The molecular formula is C12H15NO2S. The van der Waals surface area contributed by atoms with Crippen LogP contribution in [0.25, 0.3) is 0 Å². The van der Waals surface area contributed by atoms with Crippen molar-refractivity contribution in [3.63, 3.8) is 0 Å². The largest absolute Gasteiger partial charge is 0.289 e. The Balaban J connectivity index is 2.08. The number of hydrogen-bond donors (Lipinski definition) is 1. The maximum absolute atomic E-state index is 11.6. The van der Waals surface area contributed by atoms with Crippen LogP contribution < -0.4 is 5.32 Å². The molecule has 1 unspecified atom stereocenters. The van der Waals surface area contributed by atoms with Crippen molar-refractivity contribution in [2.75, 3.05) is 0 Å². The number of allylic oxidation sites excluding steroid dienone is 2. The van der Waals surface area contributed by atoms with Crippen LogP contribution in [-0.2, 0) is 9.59 Å². The molecule has 1 atom stereocenters. The standard InChI is InChI=1S/C12H15NO2S/c1-2-4-10(16-8-5-3-6-8)9-7-11(14)13-12(9)15/h5,7,10H,2-4,6H2,1H3,(H,13,14,15). The van der Waals surface area contributed by atoms with E-state index in [0.29, 0.717) is 5.57 Å². The third kappa shape index (κ3) is 2.38. The summed E-state index contributed by atoms with van der Waals surface area (Å²) in [6.07, 6.45) is 7.87. The number of amides is 2. The second-order valence-electron chi connectivity index (χ2n) is 4.02. The van der Waals surface area contributed by atoms with Gasteiger partial charge in [0.05, 0.1) is 0 Å². The zero-order valence-electron chi connectivity index (χ0n) is 9.29. The van der Waals surface area contributed by atoms with E-state index in [4.69, 9.17) is 0 Å². The second kappa shape index (κ2) is 4.87. The molecule has 2 aliphatic rings. The topological polar surface area (TPSA) is 46.2 Å². The molecule has 1 N–H and O–H groups in total. The van der Waals surface area contributed by atoms with Crippen molar-refractivity contribution < 1.29 is 9.59 Å². The van der Waals surface area contributed by atoms with Crippen molar-refractivity contribution in [2.24, 2.45) is 0 Å². The van der Waals surface area contributed by atoms with E-state index >= 15 is 0 Å². The number of thioether (sulfide) groups is 1. The van der Waals surface area contributed by atoms with Crippen LogP contribution in [-0.4, -0.2) is 17.1 Å². The molecule has 0 radical (unpaired) electrons. The van der Waals surface area contributed by atoms with E-state index < -0.39 is 0 Å². The van der Waals surface area contributed by atoms with Crippen LogP contribution >= 0.6 is 11.8 Å². The minimum absolute atomic E-state index is 0.142. The molecule has 0 saturated carbocycles. The molecule has 0 aromatic heterocycles. The van der Waals surface area contributed by atoms with Gasteiger partial charge >= 0.3 is 0 Å². The van der Waals surface area contributed by atoms with Gasteiger partial charge in [-0.1, -0.05) is 19.4 Å². The van der Waals surface area contributed by atoms with Gasteiger partial charge in [0.25, 0.3) is 11.8 Å². The quantitative estimate of drug-likeness (QED) is 0.745. The number of imide groups is 1. The molecule has 0 saturated heterocycles. The minimum Gasteiger partial charge on any atom is -0.289 e. The summed E-state index contributed by atoms with van der Waals surface area (Å²) < 4.78 is 0. The summed E-state index contributed by atoms with van der Waals surface area (Å²) in [5.74, 6) is -0.486. The fourth-order valence-electron chi connectivity index (χ4n) is 1.76. The summed E-state index contributed by atoms with van der Waals surface area (Å²) in [7, 11) is 0. The molecule has 1 heterocycles. The Bertz CT molecular complexity index is 384. The van der Waals surface area contributed by atoms with Crippen molar-refractivity contribution in [1.82, 2.24) is 5.32 Å². The zero-order chi connectivity index (χ0) is 11.5. The fraction of sp³-hybridized carbons (Fsp3) is 0.500. The first kappa shape index (κ1) is 11.5. The number of hydrogen-bond acceptors (Lipinski definition) is 3. The molecule has 2 amide bonds. The smallest absolute Gasteiger partial charge is 0.255 e. The fourth-order valence-corrected chi connectivity index (χ4v) is 3.23. The Morgan fingerprint density at radius 1 is 1.50 bits per heavy atom. The van der Waals surface area contributed by atoms with Crippen LogP contribution in [0.3, 0.4) is 0 Å². The zero-order valence-corrected chi connectivity index (χ0v) is 10.1. The van der Waals surface area contributed by atoms with Crippen LogP contribution in [0.1, 0.15) is 32.6 Å². The van der Waals surface area contributed by atoms with E-state index in [0.717, 1.165) is 25.7 Å². The molecule has 16 heavy (non-hydrogen) atoms. The summed E-state index contributed by atoms with van der Waals surface area (Å²) in [5, 5.41) is 2.45. The van der Waals surface area contributed by atoms with Crippen LogP contribution in [0.4, 0.5) is 0 Å². The van der Waals surface area contributed by atoms with Gasteiger partial charge in [-0.3, -0.25) is 14.9 Å². The van der Waals surface area contributed by atoms with Crippen molar-refractivity contribution in [2.45, 2.75) is 37.9 Å². The summed E-state index contributed by atoms with van der Waals surface area (Å²) in [6.45, 7) is 2.10. The molecule has 86 valence electrons. The highest BCUT2D eigenvalue weighted by atomic mass is 32.2. The first-order valence-corrected chi connectivity index (χ1v) is 6.51. The molecule has 0 aromatic carbocycles. The highest BCUT2D eigenvalue weighted by molar-refractivity contribution is 8.03. The Morgan fingerprint density at radius 2 is 2.25 bits per heavy atom. The lowest BCUT2D eigenvalue weighted by molar-refractivity contribution is -0.123. The van der Waals surface area contributed by atoms with Crippen LogP contribution in [0.2, 0.25) is 0 Å². The van der Waals surface area contributed by atoms with Gasteiger partial charge in [-0.2, -0.15) is 0 Å². The van der Waals surface area contributed by atoms with Crippen molar-refractivity contribution in [1.29, 1.82) is 0 Å². The molecule has 4 heteroatoms. The maximum atomic E-state index is 11.6. The summed E-state index contributed by atoms with van der Waals surface area (Å²) in [6, 6.07) is 0. The predicted molar refractivity (Wildman–Crippen MR) is 64.8 cm³/mol. The van der Waals surface area contributed by atoms with Crippen LogP contribution in [0.15, 0.2) is 22.6 Å². The molecule has 2 rings (SSSR count). The Labute approximate surface area is 99.4 Å². The normalized spacial score (nSPS) is 21.1. The number of carbonyl (C=O) groups excluding carboxylic acids is 2. The lowest BCUT2D eigenvalue weighted by Crippen LogP contribution is -2.25. The molecule has 0 fully saturated rings. The maximum Gasteiger partial charge on any atom is 0.255 e. The van der Waals surface area contributed by atoms with Gasteiger partial charge in [0.1, 0.15) is 0 Å². The number of carbonyl (C=O) groups is 2. The van der Waals surface area contributed by atoms with Crippen molar-refractivity contribution >= 4 is 23.6 Å². The summed E-state index contributed by atoms with van der Waals surface area (Å²) >= 11 is 1.74. The van der Waals surface area contributed by atoms with E-state index in [1.807, 2.05) is 0 Å². The Morgan fingerprint density at radius 3 is 2.69 bits per heavy atom. The van der Waals surface area contributed by atoms with Gasteiger partial charge in [-0.05, 0) is 24.2 Å². The summed E-state index contributed by atoms with van der Waals surface area (Å²) in [5.41, 5.74) is 0.643. The molecule has 0 aromatic rings. The van der Waals surface area contributed by atoms with Gasteiger partial charge < -0.3 is 0 Å². The monoisotopic (exact) mass is 237 g/mol. The average Bonchev–Trinajstić information content (AvgIpc) is 2.49. The van der Waals surface area contributed by atoms with E-state index in [1.54, 1.807) is 11.8 Å². The molecule has 3 nitrogen and oxygen atoms in total. The highest BCUT2D eigenvalue weighted by Gasteiger charge is 2.29. The Hall–Kier alpha value is -1.03. The van der Waals surface area contributed by atoms with Crippen LogP contribution in [0, 0.1) is 0 Å². The number of rotatable bonds is 5. The molecule has 0 bridgehead atoms. The first-order chi connectivity index (χ1) is 7.70. The SMILES string of the molecule is CCCC(SC1=CCC1)C1=CC(=O)NC1=O. The van der Waals surface area contributed by atoms with Gasteiger partial charge in [0.15, 0.2) is 0 Å². The van der Waals surface area contributed by atoms with E-state index in [2.05, 4.69) is 18.3 Å². The number of nitrogens with one attached hydrogen (secondary N) is 1. The van der Waals surface area contributed by atoms with Gasteiger partial charge in [-0.15, -0.1) is 11.8 Å². The summed E-state index contributed by atoms with van der Waals surface area (Å²) in [4.78, 5) is 24.0. The first-order valence-electron chi connectivity index (χ1n) is 5.63. The second-order valence-corrected chi connectivity index (χ2v) is 5.35. The predicted octanol–water partition coefficient (Wildman–Crippen LogP) is 2.15. The minimum atomic E-state index is -0.274. The third-order valence-corrected chi connectivity index (χ3v) is 4.19. The average molecular weight is 237 g/mol. The lowest BCUT2D eigenvalue weighted by atomic mass is 10.1. The third-order valence-electron chi connectivity index (χ3n) is 2.74. The molecule has 0 spiro atoms. The van der Waals surface area contributed by atoms with Crippen molar-refractivity contribution in [3.8, 4) is 0 Å². The van der Waals surface area contributed by atoms with Gasteiger partial charge in [0.2, 0.25) is 0 Å². The van der Waals surface area contributed by atoms with Crippen molar-refractivity contribution in [3.05, 3.63) is 22.6 Å². The van der Waals surface area contributed by atoms with Gasteiger partial charge in [0, 0.05) is 16.9 Å². The van der Waals surface area contributed by atoms with E-state index in [1.165, 1.54) is 11.0 Å². The lowest BCUT2D eigenvalue weighted by Gasteiger charge is -2.21. The van der Waals surface area contributed by atoms with Crippen LogP contribution in [0.5, 0.6) is 0 Å². The molecular weight excluding hydrogens is 222 g/mol. The highest BCUT2D eigenvalue weighted by Crippen LogP contribution is 2.38. The van der Waals surface area contributed by atoms with Gasteiger partial charge in [-0.25, -0.2) is 0 Å². The molecule has 1 aliphatic carbocycles. The Kier molecular flexibility index (Phi) is 3.49. The van der Waals surface area contributed by atoms with E-state index in [9.17, 15) is 9.59 Å². The van der Waals surface area contributed by atoms with E-state index in [-0.39, 0.29) is 17.1 Å². The molecule has 1 aliphatic heterocycles.